The molecule has 1 aliphatic heterocycles. The molecule has 0 amide bonds. The molecular weight excluding hydrogens is 342 g/mol. The number of benzene rings is 1. The summed E-state index contributed by atoms with van der Waals surface area (Å²) in [7, 11) is 1.65. The van der Waals surface area contributed by atoms with Crippen LogP contribution in [0.1, 0.15) is 16.5 Å². The maximum Gasteiger partial charge on any atom is 0.162 e. The number of hydrogen-bond donors (Lipinski definition) is 1. The van der Waals surface area contributed by atoms with E-state index in [1.165, 1.54) is 0 Å². The fraction of sp³-hybridized carbons (Fsp3) is 0.286. The third kappa shape index (κ3) is 2.51. The largest absolute Gasteiger partial charge is 0.496 e. The van der Waals surface area contributed by atoms with Crippen molar-refractivity contribution in [2.24, 2.45) is 5.73 Å². The standard InChI is InChI=1S/C14H14BrNO3S/c1-17-8-4-13(20-7-8)14(16)9-5-11-12(6-10(9)15)19-3-2-18-11/h4-7,14H,2-3,16H2,1H3. The zero-order chi connectivity index (χ0) is 14.1. The lowest BCUT2D eigenvalue weighted by Gasteiger charge is -2.21. The van der Waals surface area contributed by atoms with Gasteiger partial charge in [-0.1, -0.05) is 15.9 Å². The van der Waals surface area contributed by atoms with E-state index in [-0.39, 0.29) is 6.04 Å². The fourth-order valence-electron chi connectivity index (χ4n) is 2.08. The summed E-state index contributed by atoms with van der Waals surface area (Å²) in [6.07, 6.45) is 0. The van der Waals surface area contributed by atoms with E-state index >= 15 is 0 Å². The van der Waals surface area contributed by atoms with Gasteiger partial charge in [0.1, 0.15) is 19.0 Å². The van der Waals surface area contributed by atoms with E-state index in [0.29, 0.717) is 13.2 Å². The molecule has 0 bridgehead atoms. The van der Waals surface area contributed by atoms with E-state index in [0.717, 1.165) is 32.2 Å². The lowest BCUT2D eigenvalue weighted by atomic mass is 10.1. The zero-order valence-corrected chi connectivity index (χ0v) is 13.3. The molecule has 106 valence electrons. The lowest BCUT2D eigenvalue weighted by Crippen LogP contribution is -2.17. The number of fused-ring (bicyclic) bond motifs is 1. The first kappa shape index (κ1) is 13.7. The normalized spacial score (nSPS) is 14.9. The summed E-state index contributed by atoms with van der Waals surface area (Å²) in [5.41, 5.74) is 7.32. The topological polar surface area (TPSA) is 53.7 Å². The van der Waals surface area contributed by atoms with Crippen molar-refractivity contribution >= 4 is 27.3 Å². The molecule has 0 saturated carbocycles. The van der Waals surface area contributed by atoms with Gasteiger partial charge in [-0.3, -0.25) is 0 Å². The molecule has 20 heavy (non-hydrogen) atoms. The Morgan fingerprint density at radius 2 is 1.95 bits per heavy atom. The van der Waals surface area contributed by atoms with Crippen LogP contribution in [0.4, 0.5) is 0 Å². The van der Waals surface area contributed by atoms with Gasteiger partial charge in [-0.2, -0.15) is 0 Å². The minimum absolute atomic E-state index is 0.228. The Labute approximate surface area is 129 Å². The third-order valence-electron chi connectivity index (χ3n) is 3.13. The van der Waals surface area contributed by atoms with E-state index < -0.39 is 0 Å². The molecule has 0 saturated heterocycles. The average molecular weight is 356 g/mol. The van der Waals surface area contributed by atoms with Gasteiger partial charge in [0, 0.05) is 14.7 Å². The van der Waals surface area contributed by atoms with Crippen molar-refractivity contribution in [1.82, 2.24) is 0 Å². The predicted molar refractivity (Wildman–Crippen MR) is 82.0 cm³/mol. The summed E-state index contributed by atoms with van der Waals surface area (Å²) in [4.78, 5) is 1.04. The smallest absolute Gasteiger partial charge is 0.162 e. The monoisotopic (exact) mass is 355 g/mol. The predicted octanol–water partition coefficient (Wildman–Crippen LogP) is 3.34. The number of methoxy groups -OCH3 is 1. The van der Waals surface area contributed by atoms with E-state index in [1.807, 2.05) is 23.6 Å². The summed E-state index contributed by atoms with van der Waals surface area (Å²) in [6, 6.07) is 5.58. The van der Waals surface area contributed by atoms with Crippen LogP contribution in [-0.4, -0.2) is 20.3 Å². The highest BCUT2D eigenvalue weighted by atomic mass is 79.9. The molecule has 1 atom stereocenters. The summed E-state index contributed by atoms with van der Waals surface area (Å²) in [5.74, 6) is 2.32. The van der Waals surface area contributed by atoms with Gasteiger partial charge in [0.2, 0.25) is 0 Å². The summed E-state index contributed by atoms with van der Waals surface area (Å²) >= 11 is 5.14. The average Bonchev–Trinajstić information content (AvgIpc) is 2.94. The minimum Gasteiger partial charge on any atom is -0.496 e. The summed E-state index contributed by atoms with van der Waals surface area (Å²) in [6.45, 7) is 1.14. The van der Waals surface area contributed by atoms with Crippen molar-refractivity contribution in [2.45, 2.75) is 6.04 Å². The number of ether oxygens (including phenoxy) is 3. The minimum atomic E-state index is -0.228. The summed E-state index contributed by atoms with van der Waals surface area (Å²) in [5, 5.41) is 1.95. The van der Waals surface area contributed by atoms with Gasteiger partial charge in [-0.15, -0.1) is 11.3 Å². The lowest BCUT2D eigenvalue weighted by molar-refractivity contribution is 0.171. The van der Waals surface area contributed by atoms with Crippen molar-refractivity contribution in [3.63, 3.8) is 0 Å². The molecule has 2 heterocycles. The van der Waals surface area contributed by atoms with Crippen molar-refractivity contribution in [3.8, 4) is 17.2 Å². The van der Waals surface area contributed by atoms with Crippen LogP contribution in [0.15, 0.2) is 28.1 Å². The van der Waals surface area contributed by atoms with E-state index in [9.17, 15) is 0 Å². The maximum absolute atomic E-state index is 6.35. The van der Waals surface area contributed by atoms with Crippen LogP contribution < -0.4 is 19.9 Å². The van der Waals surface area contributed by atoms with Crippen molar-refractivity contribution in [1.29, 1.82) is 0 Å². The summed E-state index contributed by atoms with van der Waals surface area (Å²) < 4.78 is 17.3. The molecule has 4 nitrogen and oxygen atoms in total. The van der Waals surface area contributed by atoms with E-state index in [2.05, 4.69) is 15.9 Å². The molecule has 1 aliphatic rings. The van der Waals surface area contributed by atoms with Crippen molar-refractivity contribution in [2.75, 3.05) is 20.3 Å². The molecule has 2 N–H and O–H groups in total. The van der Waals surface area contributed by atoms with Crippen molar-refractivity contribution < 1.29 is 14.2 Å². The molecule has 1 aromatic carbocycles. The van der Waals surface area contributed by atoms with Crippen molar-refractivity contribution in [3.05, 3.63) is 38.5 Å². The molecule has 0 radical (unpaired) electrons. The number of rotatable bonds is 3. The first-order valence-corrected chi connectivity index (χ1v) is 7.83. The van der Waals surface area contributed by atoms with Gasteiger partial charge < -0.3 is 19.9 Å². The highest BCUT2D eigenvalue weighted by Gasteiger charge is 2.20. The Morgan fingerprint density at radius 3 is 2.60 bits per heavy atom. The van der Waals surface area contributed by atoms with Crippen LogP contribution in [0.5, 0.6) is 17.2 Å². The van der Waals surface area contributed by atoms with Crippen LogP contribution in [0.25, 0.3) is 0 Å². The zero-order valence-electron chi connectivity index (χ0n) is 10.9. The quantitative estimate of drug-likeness (QED) is 0.917. The second kappa shape index (κ2) is 5.63. The molecule has 0 aliphatic carbocycles. The SMILES string of the molecule is COc1csc(C(N)c2cc3c(cc2Br)OCCO3)c1. The molecule has 0 fully saturated rings. The van der Waals surface area contributed by atoms with Gasteiger partial charge in [0.05, 0.1) is 13.2 Å². The number of nitrogens with two attached hydrogens (primary N) is 1. The molecule has 0 spiro atoms. The number of halogens is 1. The van der Waals surface area contributed by atoms with Gasteiger partial charge in [-0.05, 0) is 23.8 Å². The Kier molecular flexibility index (Phi) is 3.87. The molecule has 1 aromatic heterocycles. The molecule has 6 heteroatoms. The first-order valence-electron chi connectivity index (χ1n) is 6.16. The van der Waals surface area contributed by atoms with Gasteiger partial charge in [0.15, 0.2) is 11.5 Å². The Morgan fingerprint density at radius 1 is 1.25 bits per heavy atom. The third-order valence-corrected chi connectivity index (χ3v) is 4.82. The van der Waals surface area contributed by atoms with Gasteiger partial charge >= 0.3 is 0 Å². The second-order valence-corrected chi connectivity index (χ2v) is 6.18. The maximum atomic E-state index is 6.35. The Bertz CT molecular complexity index is 629. The second-order valence-electron chi connectivity index (χ2n) is 4.38. The van der Waals surface area contributed by atoms with Crippen LogP contribution in [0.2, 0.25) is 0 Å². The molecule has 2 aromatic rings. The number of thiophene rings is 1. The Hall–Kier alpha value is -1.24. The van der Waals surface area contributed by atoms with Crippen LogP contribution in [0, 0.1) is 0 Å². The van der Waals surface area contributed by atoms with Crippen LogP contribution in [-0.2, 0) is 0 Å². The highest BCUT2D eigenvalue weighted by Crippen LogP contribution is 2.40. The highest BCUT2D eigenvalue weighted by molar-refractivity contribution is 9.10. The number of hydrogen-bond acceptors (Lipinski definition) is 5. The first-order chi connectivity index (χ1) is 9.69. The van der Waals surface area contributed by atoms with Crippen LogP contribution >= 0.6 is 27.3 Å². The van der Waals surface area contributed by atoms with E-state index in [1.54, 1.807) is 18.4 Å². The molecule has 1 unspecified atom stereocenters. The molecular formula is C14H14BrNO3S. The van der Waals surface area contributed by atoms with Gasteiger partial charge in [-0.25, -0.2) is 0 Å². The van der Waals surface area contributed by atoms with Gasteiger partial charge in [0.25, 0.3) is 0 Å². The fourth-order valence-corrected chi connectivity index (χ4v) is 3.52. The van der Waals surface area contributed by atoms with E-state index in [4.69, 9.17) is 19.9 Å². The Balaban J connectivity index is 1.96. The van der Waals surface area contributed by atoms with Crippen LogP contribution in [0.3, 0.4) is 0 Å². The molecule has 3 rings (SSSR count).